The summed E-state index contributed by atoms with van der Waals surface area (Å²) >= 11 is 0. The Hall–Kier alpha value is -3.16. The number of aromatic nitrogens is 2. The van der Waals surface area contributed by atoms with Gasteiger partial charge in [0.1, 0.15) is 23.9 Å². The predicted molar refractivity (Wildman–Crippen MR) is 99.5 cm³/mol. The number of hydrogen-bond donors (Lipinski definition) is 0. The third kappa shape index (κ3) is 4.05. The van der Waals surface area contributed by atoms with Crippen molar-refractivity contribution in [2.24, 2.45) is 4.99 Å². The number of aryl methyl sites for hydroxylation is 1. The van der Waals surface area contributed by atoms with Crippen LogP contribution in [0.4, 0.5) is 8.78 Å². The van der Waals surface area contributed by atoms with Crippen LogP contribution >= 0.6 is 0 Å². The number of halogens is 2. The van der Waals surface area contributed by atoms with Crippen LogP contribution in [-0.2, 0) is 11.4 Å². The maximum Gasteiger partial charge on any atom is 0.255 e. The normalized spacial score (nSPS) is 16.4. The van der Waals surface area contributed by atoms with E-state index in [0.29, 0.717) is 17.8 Å². The van der Waals surface area contributed by atoms with Gasteiger partial charge in [-0.25, -0.2) is 8.78 Å². The largest absolute Gasteiger partial charge is 0.487 e. The topological polar surface area (TPSA) is 73.6 Å². The van der Waals surface area contributed by atoms with Crippen LogP contribution in [0.15, 0.2) is 46.0 Å². The van der Waals surface area contributed by atoms with Crippen LogP contribution in [0.5, 0.6) is 5.75 Å². The molecular weight excluding hydrogens is 368 g/mol. The Morgan fingerprint density at radius 1 is 1.29 bits per heavy atom. The van der Waals surface area contributed by atoms with Gasteiger partial charge in [-0.05, 0) is 25.5 Å². The number of Topliss-reactive ketones (excluding diaryl/α,β-unsaturated/α-hetero) is 1. The Morgan fingerprint density at radius 3 is 2.68 bits per heavy atom. The van der Waals surface area contributed by atoms with Crippen LogP contribution in [0.1, 0.15) is 37.7 Å². The highest BCUT2D eigenvalue weighted by molar-refractivity contribution is 6.39. The van der Waals surface area contributed by atoms with Crippen LogP contribution in [0.2, 0.25) is 0 Å². The second-order valence-corrected chi connectivity index (χ2v) is 6.64. The van der Waals surface area contributed by atoms with E-state index in [-0.39, 0.29) is 35.4 Å². The lowest BCUT2D eigenvalue weighted by Gasteiger charge is -2.25. The minimum Gasteiger partial charge on any atom is -0.487 e. The highest BCUT2D eigenvalue weighted by Crippen LogP contribution is 2.27. The van der Waals surface area contributed by atoms with Gasteiger partial charge in [0.15, 0.2) is 11.6 Å². The molecule has 28 heavy (non-hydrogen) atoms. The molecule has 1 aliphatic heterocycles. The number of carbonyl (C=O) groups excluding carboxylic acids is 1. The second kappa shape index (κ2) is 7.84. The SMILES string of the molecule is CC(=O)C1=NC=C(C)[C@H](n2c(C)cc(OCc3ncc(F)cc3F)cc2=O)C1. The molecule has 0 amide bonds. The molecule has 0 aliphatic carbocycles. The summed E-state index contributed by atoms with van der Waals surface area (Å²) < 4.78 is 33.6. The zero-order chi connectivity index (χ0) is 20.4. The van der Waals surface area contributed by atoms with Gasteiger partial charge in [0.25, 0.3) is 5.56 Å². The predicted octanol–water partition coefficient (Wildman–Crippen LogP) is 3.29. The fourth-order valence-corrected chi connectivity index (χ4v) is 3.06. The van der Waals surface area contributed by atoms with E-state index < -0.39 is 11.6 Å². The van der Waals surface area contributed by atoms with Crippen LogP contribution in [-0.4, -0.2) is 21.0 Å². The molecule has 0 radical (unpaired) electrons. The standard InChI is InChI=1S/C20H19F2N3O3/c1-11-8-23-17(13(3)26)7-19(11)25-12(2)4-15(6-20(25)27)28-10-18-16(22)5-14(21)9-24-18/h4-6,8-9,19H,7,10H2,1-3H3/t19-/m1/s1. The molecule has 3 rings (SSSR count). The highest BCUT2D eigenvalue weighted by Gasteiger charge is 2.24. The van der Waals surface area contributed by atoms with E-state index in [9.17, 15) is 18.4 Å². The molecule has 2 aromatic rings. The molecule has 0 bridgehead atoms. The zero-order valence-electron chi connectivity index (χ0n) is 15.7. The molecule has 1 aliphatic rings. The number of rotatable bonds is 5. The fraction of sp³-hybridized carbons (Fsp3) is 0.300. The number of aliphatic imine (C=N–C) groups is 1. The van der Waals surface area contributed by atoms with Crippen molar-refractivity contribution in [3.63, 3.8) is 0 Å². The van der Waals surface area contributed by atoms with E-state index in [2.05, 4.69) is 9.98 Å². The quantitative estimate of drug-likeness (QED) is 0.789. The van der Waals surface area contributed by atoms with E-state index in [4.69, 9.17) is 4.74 Å². The molecule has 0 saturated heterocycles. The van der Waals surface area contributed by atoms with Crippen LogP contribution in [0, 0.1) is 18.6 Å². The summed E-state index contributed by atoms with van der Waals surface area (Å²) in [5.74, 6) is -1.47. The summed E-state index contributed by atoms with van der Waals surface area (Å²) in [4.78, 5) is 32.1. The fourth-order valence-electron chi connectivity index (χ4n) is 3.06. The zero-order valence-corrected chi connectivity index (χ0v) is 15.7. The Morgan fingerprint density at radius 2 is 2.04 bits per heavy atom. The van der Waals surface area contributed by atoms with Gasteiger partial charge in [0, 0.05) is 37.4 Å². The molecule has 8 heteroatoms. The first-order valence-electron chi connectivity index (χ1n) is 8.66. The van der Waals surface area contributed by atoms with Crippen molar-refractivity contribution < 1.29 is 18.3 Å². The Kier molecular flexibility index (Phi) is 5.48. The van der Waals surface area contributed by atoms with E-state index in [0.717, 1.165) is 17.8 Å². The molecular formula is C20H19F2N3O3. The van der Waals surface area contributed by atoms with Crippen LogP contribution in [0.3, 0.4) is 0 Å². The maximum atomic E-state index is 13.7. The van der Waals surface area contributed by atoms with E-state index in [1.807, 2.05) is 6.92 Å². The highest BCUT2D eigenvalue weighted by atomic mass is 19.1. The number of hydrogen-bond acceptors (Lipinski definition) is 5. The van der Waals surface area contributed by atoms with Crippen LogP contribution < -0.4 is 10.3 Å². The smallest absolute Gasteiger partial charge is 0.255 e. The second-order valence-electron chi connectivity index (χ2n) is 6.64. The number of pyridine rings is 2. The number of carbonyl (C=O) groups is 1. The van der Waals surface area contributed by atoms with Crippen molar-refractivity contribution in [1.29, 1.82) is 0 Å². The number of ketones is 1. The van der Waals surface area contributed by atoms with Gasteiger partial charge in [0.2, 0.25) is 0 Å². The van der Waals surface area contributed by atoms with Crippen molar-refractivity contribution in [2.75, 3.05) is 0 Å². The molecule has 3 heterocycles. The number of nitrogens with zero attached hydrogens (tertiary/aromatic N) is 3. The molecule has 0 unspecified atom stereocenters. The Balaban J connectivity index is 1.83. The van der Waals surface area contributed by atoms with Crippen molar-refractivity contribution in [2.45, 2.75) is 39.8 Å². The molecule has 146 valence electrons. The minimum atomic E-state index is -0.816. The number of ether oxygens (including phenoxy) is 1. The van der Waals surface area contributed by atoms with Gasteiger partial charge < -0.3 is 9.30 Å². The van der Waals surface area contributed by atoms with Gasteiger partial charge in [0.05, 0.1) is 18.0 Å². The van der Waals surface area contributed by atoms with Crippen molar-refractivity contribution >= 4 is 11.5 Å². The average molecular weight is 387 g/mol. The molecule has 2 aromatic heterocycles. The van der Waals surface area contributed by atoms with Crippen molar-refractivity contribution in [3.8, 4) is 5.75 Å². The van der Waals surface area contributed by atoms with Crippen molar-refractivity contribution in [3.05, 3.63) is 69.5 Å². The Bertz CT molecular complexity index is 1060. The number of allylic oxidation sites excluding steroid dienone is 1. The van der Waals surface area contributed by atoms with E-state index in [1.54, 1.807) is 23.8 Å². The van der Waals surface area contributed by atoms with Crippen molar-refractivity contribution in [1.82, 2.24) is 9.55 Å². The molecule has 0 spiro atoms. The third-order valence-corrected chi connectivity index (χ3v) is 4.55. The molecule has 0 N–H and O–H groups in total. The molecule has 0 fully saturated rings. The maximum absolute atomic E-state index is 13.7. The summed E-state index contributed by atoms with van der Waals surface area (Å²) in [6, 6.07) is 3.35. The van der Waals surface area contributed by atoms with Gasteiger partial charge in [-0.15, -0.1) is 0 Å². The summed E-state index contributed by atoms with van der Waals surface area (Å²) in [5.41, 5.74) is 1.53. The summed E-state index contributed by atoms with van der Waals surface area (Å²) in [6.07, 6.45) is 2.84. The molecule has 6 nitrogen and oxygen atoms in total. The average Bonchev–Trinajstić information content (AvgIpc) is 2.61. The minimum absolute atomic E-state index is 0.0587. The lowest BCUT2D eigenvalue weighted by molar-refractivity contribution is -0.111. The first-order chi connectivity index (χ1) is 13.3. The summed E-state index contributed by atoms with van der Waals surface area (Å²) in [5, 5.41) is 0. The van der Waals surface area contributed by atoms with Crippen LogP contribution in [0.25, 0.3) is 0 Å². The lowest BCUT2D eigenvalue weighted by atomic mass is 9.98. The monoisotopic (exact) mass is 387 g/mol. The van der Waals surface area contributed by atoms with E-state index >= 15 is 0 Å². The first kappa shape index (κ1) is 19.6. The van der Waals surface area contributed by atoms with E-state index in [1.165, 1.54) is 13.0 Å². The Labute approximate surface area is 160 Å². The van der Waals surface area contributed by atoms with Gasteiger partial charge in [-0.3, -0.25) is 19.6 Å². The lowest BCUT2D eigenvalue weighted by Crippen LogP contribution is -2.31. The molecule has 0 aromatic carbocycles. The first-order valence-corrected chi connectivity index (χ1v) is 8.66. The van der Waals surface area contributed by atoms with Gasteiger partial charge in [-0.1, -0.05) is 0 Å². The molecule has 0 saturated carbocycles. The van der Waals surface area contributed by atoms with Gasteiger partial charge in [-0.2, -0.15) is 0 Å². The summed E-state index contributed by atoms with van der Waals surface area (Å²) in [6.45, 7) is 4.81. The van der Waals surface area contributed by atoms with Gasteiger partial charge >= 0.3 is 0 Å². The molecule has 1 atom stereocenters. The third-order valence-electron chi connectivity index (χ3n) is 4.55. The summed E-state index contributed by atoms with van der Waals surface area (Å²) in [7, 11) is 0.